The molecule has 1 unspecified atom stereocenters. The molecule has 2 aromatic carbocycles. The molecule has 0 aliphatic carbocycles. The SMILES string of the molecule is Cc1cccc(OCC(=O)NN=CC(C)c2ccccc2)c1C. The first-order chi connectivity index (χ1) is 11.1. The lowest BCUT2D eigenvalue weighted by Gasteiger charge is -2.10. The average Bonchev–Trinajstić information content (AvgIpc) is 2.57. The van der Waals surface area contributed by atoms with Crippen molar-refractivity contribution in [1.29, 1.82) is 0 Å². The summed E-state index contributed by atoms with van der Waals surface area (Å²) in [6.45, 7) is 5.96. The van der Waals surface area contributed by atoms with E-state index in [-0.39, 0.29) is 18.4 Å². The van der Waals surface area contributed by atoms with Crippen molar-refractivity contribution >= 4 is 12.1 Å². The fraction of sp³-hybridized carbons (Fsp3) is 0.263. The molecule has 1 amide bonds. The van der Waals surface area contributed by atoms with E-state index in [0.29, 0.717) is 0 Å². The number of carbonyl (C=O) groups excluding carboxylic acids is 1. The number of ether oxygens (including phenoxy) is 1. The minimum absolute atomic E-state index is 0.0542. The Balaban J connectivity index is 1.81. The molecule has 1 atom stereocenters. The van der Waals surface area contributed by atoms with Gasteiger partial charge in [0.15, 0.2) is 6.61 Å². The molecule has 0 aliphatic heterocycles. The van der Waals surface area contributed by atoms with Gasteiger partial charge < -0.3 is 4.74 Å². The van der Waals surface area contributed by atoms with Crippen molar-refractivity contribution in [3.63, 3.8) is 0 Å². The number of hydrazone groups is 1. The van der Waals surface area contributed by atoms with Crippen LogP contribution in [0, 0.1) is 13.8 Å². The number of amides is 1. The lowest BCUT2D eigenvalue weighted by atomic mass is 10.0. The van der Waals surface area contributed by atoms with Gasteiger partial charge >= 0.3 is 0 Å². The molecule has 23 heavy (non-hydrogen) atoms. The van der Waals surface area contributed by atoms with Gasteiger partial charge in [0.25, 0.3) is 5.91 Å². The predicted octanol–water partition coefficient (Wildman–Crippen LogP) is 3.59. The van der Waals surface area contributed by atoms with Crippen LogP contribution in [0.3, 0.4) is 0 Å². The molecule has 0 aromatic heterocycles. The molecule has 0 saturated carbocycles. The lowest BCUT2D eigenvalue weighted by Crippen LogP contribution is -2.25. The maximum absolute atomic E-state index is 11.8. The Labute approximate surface area is 137 Å². The number of hydrogen-bond acceptors (Lipinski definition) is 3. The van der Waals surface area contributed by atoms with Gasteiger partial charge in [-0.15, -0.1) is 0 Å². The van der Waals surface area contributed by atoms with Gasteiger partial charge in [-0.2, -0.15) is 5.10 Å². The largest absolute Gasteiger partial charge is 0.483 e. The molecule has 0 spiro atoms. The zero-order chi connectivity index (χ0) is 16.7. The molecule has 120 valence electrons. The number of rotatable bonds is 6. The number of nitrogens with zero attached hydrogens (tertiary/aromatic N) is 1. The molecule has 0 radical (unpaired) electrons. The molecular formula is C19H22N2O2. The third kappa shape index (κ3) is 4.95. The van der Waals surface area contributed by atoms with Crippen LogP contribution in [0.2, 0.25) is 0 Å². The number of nitrogens with one attached hydrogen (secondary N) is 1. The van der Waals surface area contributed by atoms with E-state index in [4.69, 9.17) is 4.74 Å². The van der Waals surface area contributed by atoms with E-state index in [9.17, 15) is 4.79 Å². The Morgan fingerprint density at radius 1 is 1.17 bits per heavy atom. The molecule has 2 aromatic rings. The zero-order valence-corrected chi connectivity index (χ0v) is 13.7. The second-order valence-electron chi connectivity index (χ2n) is 5.50. The average molecular weight is 310 g/mol. The first-order valence-corrected chi connectivity index (χ1v) is 7.64. The molecule has 0 aliphatic rings. The van der Waals surface area contributed by atoms with Gasteiger partial charge in [0, 0.05) is 12.1 Å². The van der Waals surface area contributed by atoms with Crippen LogP contribution in [-0.4, -0.2) is 18.7 Å². The summed E-state index contributed by atoms with van der Waals surface area (Å²) in [6, 6.07) is 15.8. The van der Waals surface area contributed by atoms with E-state index >= 15 is 0 Å². The second-order valence-corrected chi connectivity index (χ2v) is 5.50. The highest BCUT2D eigenvalue weighted by atomic mass is 16.5. The van der Waals surface area contributed by atoms with Crippen LogP contribution < -0.4 is 10.2 Å². The smallest absolute Gasteiger partial charge is 0.277 e. The summed E-state index contributed by atoms with van der Waals surface area (Å²) in [5.74, 6) is 0.584. The molecule has 4 nitrogen and oxygen atoms in total. The van der Waals surface area contributed by atoms with Gasteiger partial charge in [0.05, 0.1) is 0 Å². The molecule has 0 bridgehead atoms. The van der Waals surface area contributed by atoms with Crippen molar-refractivity contribution in [2.75, 3.05) is 6.61 Å². The minimum Gasteiger partial charge on any atom is -0.483 e. The predicted molar refractivity (Wildman–Crippen MR) is 92.9 cm³/mol. The maximum Gasteiger partial charge on any atom is 0.277 e. The molecule has 0 heterocycles. The van der Waals surface area contributed by atoms with Crippen molar-refractivity contribution in [1.82, 2.24) is 5.43 Å². The van der Waals surface area contributed by atoms with E-state index in [0.717, 1.165) is 22.4 Å². The van der Waals surface area contributed by atoms with Crippen LogP contribution in [-0.2, 0) is 4.79 Å². The van der Waals surface area contributed by atoms with Crippen molar-refractivity contribution in [2.45, 2.75) is 26.7 Å². The van der Waals surface area contributed by atoms with Gasteiger partial charge in [0.1, 0.15) is 5.75 Å². The van der Waals surface area contributed by atoms with E-state index in [1.807, 2.05) is 69.3 Å². The number of benzene rings is 2. The maximum atomic E-state index is 11.8. The number of hydrogen-bond donors (Lipinski definition) is 1. The van der Waals surface area contributed by atoms with Crippen molar-refractivity contribution in [3.05, 3.63) is 65.2 Å². The quantitative estimate of drug-likeness (QED) is 0.655. The van der Waals surface area contributed by atoms with Crippen LogP contribution in [0.25, 0.3) is 0 Å². The van der Waals surface area contributed by atoms with Gasteiger partial charge in [-0.3, -0.25) is 4.79 Å². The van der Waals surface area contributed by atoms with Crippen molar-refractivity contribution < 1.29 is 9.53 Å². The van der Waals surface area contributed by atoms with Crippen molar-refractivity contribution in [3.8, 4) is 5.75 Å². The summed E-state index contributed by atoms with van der Waals surface area (Å²) in [5.41, 5.74) is 5.82. The van der Waals surface area contributed by atoms with Gasteiger partial charge in [-0.05, 0) is 36.6 Å². The van der Waals surface area contributed by atoms with Gasteiger partial charge in [-0.1, -0.05) is 49.4 Å². The number of aryl methyl sites for hydroxylation is 1. The highest BCUT2D eigenvalue weighted by molar-refractivity contribution is 5.79. The Kier molecular flexibility index (Phi) is 5.92. The normalized spacial score (nSPS) is 12.1. The van der Waals surface area contributed by atoms with Crippen LogP contribution in [0.1, 0.15) is 29.5 Å². The molecule has 0 saturated heterocycles. The van der Waals surface area contributed by atoms with Gasteiger partial charge in [0.2, 0.25) is 0 Å². The summed E-state index contributed by atoms with van der Waals surface area (Å²) in [6.07, 6.45) is 1.71. The first-order valence-electron chi connectivity index (χ1n) is 7.64. The Hall–Kier alpha value is -2.62. The Morgan fingerprint density at radius 2 is 1.91 bits per heavy atom. The standard InChI is InChI=1S/C19H22N2O2/c1-14-8-7-11-18(16(14)3)23-13-19(22)21-20-12-15(2)17-9-5-4-6-10-17/h4-12,15H,13H2,1-3H3,(H,21,22). The Bertz CT molecular complexity index is 681. The molecular weight excluding hydrogens is 288 g/mol. The van der Waals surface area contributed by atoms with Crippen molar-refractivity contribution in [2.24, 2.45) is 5.10 Å². The molecule has 2 rings (SSSR count). The summed E-state index contributed by atoms with van der Waals surface area (Å²) in [7, 11) is 0. The van der Waals surface area contributed by atoms with Crippen LogP contribution in [0.5, 0.6) is 5.75 Å². The summed E-state index contributed by atoms with van der Waals surface area (Å²) in [5, 5.41) is 4.00. The third-order valence-corrected chi connectivity index (χ3v) is 3.73. The molecule has 1 N–H and O–H groups in total. The fourth-order valence-electron chi connectivity index (χ4n) is 2.12. The summed E-state index contributed by atoms with van der Waals surface area (Å²) in [4.78, 5) is 11.8. The number of carbonyl (C=O) groups is 1. The highest BCUT2D eigenvalue weighted by Crippen LogP contribution is 2.20. The topological polar surface area (TPSA) is 50.7 Å². The Morgan fingerprint density at radius 3 is 2.65 bits per heavy atom. The van der Waals surface area contributed by atoms with Crippen LogP contribution >= 0.6 is 0 Å². The van der Waals surface area contributed by atoms with E-state index in [1.165, 1.54) is 0 Å². The second kappa shape index (κ2) is 8.13. The third-order valence-electron chi connectivity index (χ3n) is 3.73. The summed E-state index contributed by atoms with van der Waals surface area (Å²) < 4.78 is 5.54. The fourth-order valence-corrected chi connectivity index (χ4v) is 2.12. The van der Waals surface area contributed by atoms with Crippen LogP contribution in [0.4, 0.5) is 0 Å². The molecule has 4 heteroatoms. The monoisotopic (exact) mass is 310 g/mol. The van der Waals surface area contributed by atoms with E-state index in [1.54, 1.807) is 6.21 Å². The zero-order valence-electron chi connectivity index (χ0n) is 13.7. The lowest BCUT2D eigenvalue weighted by molar-refractivity contribution is -0.123. The highest BCUT2D eigenvalue weighted by Gasteiger charge is 2.06. The first kappa shape index (κ1) is 16.7. The molecule has 0 fully saturated rings. The van der Waals surface area contributed by atoms with Gasteiger partial charge in [-0.25, -0.2) is 5.43 Å². The van der Waals surface area contributed by atoms with E-state index < -0.39 is 0 Å². The van der Waals surface area contributed by atoms with Crippen LogP contribution in [0.15, 0.2) is 53.6 Å². The summed E-state index contributed by atoms with van der Waals surface area (Å²) >= 11 is 0. The minimum atomic E-state index is -0.276. The van der Waals surface area contributed by atoms with E-state index in [2.05, 4.69) is 10.5 Å².